The highest BCUT2D eigenvalue weighted by molar-refractivity contribution is 7.99. The lowest BCUT2D eigenvalue weighted by molar-refractivity contribution is -0.137. The lowest BCUT2D eigenvalue weighted by Crippen LogP contribution is -2.20. The van der Waals surface area contributed by atoms with Crippen molar-refractivity contribution < 1.29 is 22.7 Å². The Morgan fingerprint density at radius 2 is 1.84 bits per heavy atom. The molecule has 3 rings (SSSR count). The Kier molecular flexibility index (Phi) is 7.52. The maximum Gasteiger partial charge on any atom is 0.416 e. The number of hydrogen-bond acceptors (Lipinski definition) is 6. The van der Waals surface area contributed by atoms with Crippen molar-refractivity contribution in [2.24, 2.45) is 5.10 Å². The van der Waals surface area contributed by atoms with Gasteiger partial charge in [0.05, 0.1) is 24.6 Å². The van der Waals surface area contributed by atoms with E-state index in [4.69, 9.17) is 4.74 Å². The number of carbonyl (C=O) groups is 1. The van der Waals surface area contributed by atoms with E-state index in [-0.39, 0.29) is 11.7 Å². The molecular formula is C21H20F3N5O2S. The van der Waals surface area contributed by atoms with Crippen LogP contribution in [0.2, 0.25) is 0 Å². The van der Waals surface area contributed by atoms with Gasteiger partial charge in [0.2, 0.25) is 0 Å². The highest BCUT2D eigenvalue weighted by Gasteiger charge is 2.29. The second-order valence-electron chi connectivity index (χ2n) is 6.48. The summed E-state index contributed by atoms with van der Waals surface area (Å²) in [4.78, 5) is 12.1. The van der Waals surface area contributed by atoms with Gasteiger partial charge >= 0.3 is 6.18 Å². The molecule has 0 atom stereocenters. The number of ether oxygens (including phenoxy) is 1. The standard InChI is InChI=1S/C21H20F3N5O2S/c1-3-29-19(15-6-10-17(31-2)11-7-15)27-28-20(29)32-13-18(30)26-25-12-14-4-8-16(9-5-14)21(22,23)24/h4-12H,3,13H2,1-2H3,(H,26,30)/b25-12-. The van der Waals surface area contributed by atoms with Crippen molar-refractivity contribution in [1.82, 2.24) is 20.2 Å². The van der Waals surface area contributed by atoms with Crippen LogP contribution >= 0.6 is 11.8 Å². The molecule has 168 valence electrons. The van der Waals surface area contributed by atoms with Gasteiger partial charge < -0.3 is 9.30 Å². The molecule has 0 bridgehead atoms. The average Bonchev–Trinajstić information content (AvgIpc) is 3.20. The fraction of sp³-hybridized carbons (Fsp3) is 0.238. The fourth-order valence-electron chi connectivity index (χ4n) is 2.73. The van der Waals surface area contributed by atoms with Gasteiger partial charge in [0.15, 0.2) is 11.0 Å². The number of aromatic nitrogens is 3. The van der Waals surface area contributed by atoms with Gasteiger partial charge in [-0.05, 0) is 48.9 Å². The van der Waals surface area contributed by atoms with Crippen molar-refractivity contribution in [3.63, 3.8) is 0 Å². The van der Waals surface area contributed by atoms with E-state index in [1.54, 1.807) is 7.11 Å². The van der Waals surface area contributed by atoms with Crippen LogP contribution in [0.1, 0.15) is 18.1 Å². The summed E-state index contributed by atoms with van der Waals surface area (Å²) in [5.41, 5.74) is 2.91. The first-order chi connectivity index (χ1) is 15.3. The molecule has 0 aliphatic rings. The third-order valence-electron chi connectivity index (χ3n) is 4.35. The Bertz CT molecular complexity index is 1080. The van der Waals surface area contributed by atoms with Crippen LogP contribution in [-0.4, -0.2) is 39.7 Å². The second-order valence-corrected chi connectivity index (χ2v) is 7.42. The molecule has 0 aliphatic heterocycles. The monoisotopic (exact) mass is 463 g/mol. The molecule has 0 saturated carbocycles. The van der Waals surface area contributed by atoms with Gasteiger partial charge in [-0.15, -0.1) is 10.2 Å². The predicted octanol–water partition coefficient (Wildman–Crippen LogP) is 4.23. The number of alkyl halides is 3. The molecule has 0 unspecified atom stereocenters. The number of methoxy groups -OCH3 is 1. The molecule has 1 heterocycles. The number of benzene rings is 2. The molecule has 32 heavy (non-hydrogen) atoms. The SMILES string of the molecule is CCn1c(SCC(=O)N/N=C\c2ccc(C(F)(F)F)cc2)nnc1-c1ccc(OC)cc1. The lowest BCUT2D eigenvalue weighted by Gasteiger charge is -2.07. The van der Waals surface area contributed by atoms with Crippen molar-refractivity contribution in [1.29, 1.82) is 0 Å². The van der Waals surface area contributed by atoms with Gasteiger partial charge in [-0.3, -0.25) is 4.79 Å². The molecule has 0 saturated heterocycles. The third kappa shape index (κ3) is 5.88. The minimum atomic E-state index is -4.40. The van der Waals surface area contributed by atoms with Crippen LogP contribution in [0, 0.1) is 0 Å². The third-order valence-corrected chi connectivity index (χ3v) is 5.32. The minimum absolute atomic E-state index is 0.0467. The van der Waals surface area contributed by atoms with Gasteiger partial charge in [-0.2, -0.15) is 18.3 Å². The van der Waals surface area contributed by atoms with Crippen LogP contribution in [-0.2, 0) is 17.5 Å². The topological polar surface area (TPSA) is 81.4 Å². The van der Waals surface area contributed by atoms with Crippen LogP contribution in [0.15, 0.2) is 58.8 Å². The molecule has 0 spiro atoms. The van der Waals surface area contributed by atoms with E-state index in [2.05, 4.69) is 20.7 Å². The van der Waals surface area contributed by atoms with Crippen LogP contribution in [0.4, 0.5) is 13.2 Å². The summed E-state index contributed by atoms with van der Waals surface area (Å²) in [6.45, 7) is 2.57. The summed E-state index contributed by atoms with van der Waals surface area (Å²) in [7, 11) is 1.59. The van der Waals surface area contributed by atoms with Crippen molar-refractivity contribution in [2.45, 2.75) is 24.8 Å². The first kappa shape index (κ1) is 23.3. The van der Waals surface area contributed by atoms with Gasteiger partial charge in [-0.1, -0.05) is 23.9 Å². The number of thioether (sulfide) groups is 1. The molecule has 7 nitrogen and oxygen atoms in total. The number of hydrazone groups is 1. The predicted molar refractivity (Wildman–Crippen MR) is 116 cm³/mol. The maximum atomic E-state index is 12.6. The number of nitrogens with one attached hydrogen (secondary N) is 1. The molecule has 1 aromatic heterocycles. The number of hydrogen-bond donors (Lipinski definition) is 1. The summed E-state index contributed by atoms with van der Waals surface area (Å²) < 4.78 is 44.8. The van der Waals surface area contributed by atoms with Crippen molar-refractivity contribution in [3.05, 3.63) is 59.7 Å². The maximum absolute atomic E-state index is 12.6. The van der Waals surface area contributed by atoms with Crippen molar-refractivity contribution in [2.75, 3.05) is 12.9 Å². The Labute approximate surface area is 186 Å². The van der Waals surface area contributed by atoms with Crippen molar-refractivity contribution in [3.8, 4) is 17.1 Å². The van der Waals surface area contributed by atoms with Gasteiger partial charge in [0.25, 0.3) is 5.91 Å². The van der Waals surface area contributed by atoms with E-state index < -0.39 is 11.7 Å². The largest absolute Gasteiger partial charge is 0.497 e. The zero-order chi connectivity index (χ0) is 23.1. The Hall–Kier alpha value is -3.34. The first-order valence-corrected chi connectivity index (χ1v) is 10.5. The van der Waals surface area contributed by atoms with Crippen LogP contribution in [0.5, 0.6) is 5.75 Å². The van der Waals surface area contributed by atoms with Crippen molar-refractivity contribution >= 4 is 23.9 Å². The summed E-state index contributed by atoms with van der Waals surface area (Å²) >= 11 is 1.21. The minimum Gasteiger partial charge on any atom is -0.497 e. The lowest BCUT2D eigenvalue weighted by atomic mass is 10.1. The van der Waals surface area contributed by atoms with Gasteiger partial charge in [0, 0.05) is 12.1 Å². The van der Waals surface area contributed by atoms with Gasteiger partial charge in [-0.25, -0.2) is 5.43 Å². The average molecular weight is 463 g/mol. The number of amides is 1. The quantitative estimate of drug-likeness (QED) is 0.307. The van der Waals surface area contributed by atoms with E-state index >= 15 is 0 Å². The Morgan fingerprint density at radius 3 is 2.44 bits per heavy atom. The van der Waals surface area contributed by atoms with Crippen LogP contribution < -0.4 is 10.2 Å². The zero-order valence-electron chi connectivity index (χ0n) is 17.3. The van der Waals surface area contributed by atoms with E-state index in [9.17, 15) is 18.0 Å². The summed E-state index contributed by atoms with van der Waals surface area (Å²) in [5.74, 6) is 1.08. The Morgan fingerprint density at radius 1 is 1.16 bits per heavy atom. The van der Waals surface area contributed by atoms with E-state index in [0.29, 0.717) is 23.1 Å². The molecule has 1 N–H and O–H groups in total. The Balaban J connectivity index is 1.56. The first-order valence-electron chi connectivity index (χ1n) is 9.51. The highest BCUT2D eigenvalue weighted by Crippen LogP contribution is 2.29. The van der Waals surface area contributed by atoms with E-state index in [1.165, 1.54) is 30.1 Å². The second kappa shape index (κ2) is 10.3. The molecule has 11 heteroatoms. The molecule has 0 radical (unpaired) electrons. The van der Waals surface area contributed by atoms with Crippen LogP contribution in [0.3, 0.4) is 0 Å². The summed E-state index contributed by atoms with van der Waals surface area (Å²) in [6, 6.07) is 11.9. The number of halogens is 3. The highest BCUT2D eigenvalue weighted by atomic mass is 32.2. The number of rotatable bonds is 8. The number of nitrogens with zero attached hydrogens (tertiary/aromatic N) is 4. The molecule has 0 fully saturated rings. The normalized spacial score (nSPS) is 11.7. The van der Waals surface area contributed by atoms with Gasteiger partial charge in [0.1, 0.15) is 5.75 Å². The van der Waals surface area contributed by atoms with Crippen LogP contribution in [0.25, 0.3) is 11.4 Å². The molecule has 2 aromatic carbocycles. The molecule has 3 aromatic rings. The number of carbonyl (C=O) groups excluding carboxylic acids is 1. The van der Waals surface area contributed by atoms with E-state index in [1.807, 2.05) is 35.8 Å². The molecule has 1 amide bonds. The fourth-order valence-corrected chi connectivity index (χ4v) is 3.53. The van der Waals surface area contributed by atoms with E-state index in [0.717, 1.165) is 23.4 Å². The summed E-state index contributed by atoms with van der Waals surface area (Å²) in [6.07, 6.45) is -3.12. The summed E-state index contributed by atoms with van der Waals surface area (Å²) in [5, 5.41) is 12.8. The zero-order valence-corrected chi connectivity index (χ0v) is 18.1. The molecular weight excluding hydrogens is 443 g/mol. The molecule has 0 aliphatic carbocycles. The smallest absolute Gasteiger partial charge is 0.416 e.